The van der Waals surface area contributed by atoms with E-state index < -0.39 is 0 Å². The first-order valence-electron chi connectivity index (χ1n) is 10.5. The van der Waals surface area contributed by atoms with E-state index in [4.69, 9.17) is 4.74 Å². The van der Waals surface area contributed by atoms with Crippen LogP contribution in [0.2, 0.25) is 0 Å². The number of ether oxygens (including phenoxy) is 1. The second-order valence-electron chi connectivity index (χ2n) is 8.51. The minimum Gasteiger partial charge on any atom is -0.374 e. The van der Waals surface area contributed by atoms with Gasteiger partial charge in [-0.15, -0.1) is 0 Å². The Morgan fingerprint density at radius 1 is 1.26 bits per heavy atom. The summed E-state index contributed by atoms with van der Waals surface area (Å²) >= 11 is 2.00. The van der Waals surface area contributed by atoms with Gasteiger partial charge in [-0.1, -0.05) is 19.3 Å². The van der Waals surface area contributed by atoms with E-state index in [1.54, 1.807) is 19.0 Å². The van der Waals surface area contributed by atoms with Crippen molar-refractivity contribution in [2.24, 2.45) is 10.9 Å². The molecule has 0 aromatic heterocycles. The molecule has 2 atom stereocenters. The number of carbonyl (C=O) groups excluding carboxylic acids is 1. The van der Waals surface area contributed by atoms with E-state index in [0.717, 1.165) is 50.0 Å². The Labute approximate surface area is 168 Å². The zero-order valence-corrected chi connectivity index (χ0v) is 17.8. The van der Waals surface area contributed by atoms with Gasteiger partial charge in [0.05, 0.1) is 5.60 Å². The number of carbonyl (C=O) groups is 1. The third kappa shape index (κ3) is 6.28. The Kier molecular flexibility index (Phi) is 7.70. The monoisotopic (exact) mass is 396 g/mol. The Morgan fingerprint density at radius 2 is 2.07 bits per heavy atom. The van der Waals surface area contributed by atoms with Gasteiger partial charge in [0.1, 0.15) is 6.54 Å². The first kappa shape index (κ1) is 20.8. The van der Waals surface area contributed by atoms with Crippen molar-refractivity contribution < 1.29 is 9.53 Å². The lowest BCUT2D eigenvalue weighted by molar-refractivity contribution is -0.127. The molecule has 1 spiro atoms. The van der Waals surface area contributed by atoms with Crippen molar-refractivity contribution in [3.63, 3.8) is 0 Å². The summed E-state index contributed by atoms with van der Waals surface area (Å²) in [5, 5.41) is 7.15. The molecule has 3 aliphatic rings. The number of rotatable bonds is 5. The Hall–Kier alpha value is -0.950. The van der Waals surface area contributed by atoms with Gasteiger partial charge in [0.15, 0.2) is 5.96 Å². The van der Waals surface area contributed by atoms with Crippen LogP contribution in [-0.4, -0.2) is 73.7 Å². The van der Waals surface area contributed by atoms with Crippen LogP contribution < -0.4 is 10.6 Å². The maximum atomic E-state index is 12.0. The van der Waals surface area contributed by atoms with Gasteiger partial charge < -0.3 is 20.3 Å². The van der Waals surface area contributed by atoms with Crippen LogP contribution in [0.3, 0.4) is 0 Å². The second-order valence-corrected chi connectivity index (χ2v) is 9.61. The van der Waals surface area contributed by atoms with Gasteiger partial charge in [0.25, 0.3) is 0 Å². The molecule has 2 heterocycles. The average molecular weight is 397 g/mol. The fourth-order valence-corrected chi connectivity index (χ4v) is 5.66. The summed E-state index contributed by atoms with van der Waals surface area (Å²) in [6.07, 6.45) is 9.83. The van der Waals surface area contributed by atoms with E-state index >= 15 is 0 Å². The lowest BCUT2D eigenvalue weighted by atomic mass is 9.89. The molecule has 1 aliphatic carbocycles. The van der Waals surface area contributed by atoms with Gasteiger partial charge in [-0.3, -0.25) is 4.79 Å². The van der Waals surface area contributed by atoms with Gasteiger partial charge in [-0.2, -0.15) is 11.8 Å². The van der Waals surface area contributed by atoms with E-state index in [0.29, 0.717) is 6.04 Å². The van der Waals surface area contributed by atoms with Crippen molar-refractivity contribution in [2.75, 3.05) is 45.3 Å². The zero-order chi connectivity index (χ0) is 19.1. The Morgan fingerprint density at radius 3 is 2.78 bits per heavy atom. The molecule has 7 heteroatoms. The molecule has 6 nitrogen and oxygen atoms in total. The van der Waals surface area contributed by atoms with Crippen LogP contribution in [0, 0.1) is 5.92 Å². The molecular weight excluding hydrogens is 360 g/mol. The highest BCUT2D eigenvalue weighted by molar-refractivity contribution is 7.99. The normalized spacial score (nSPS) is 29.7. The first-order valence-corrected chi connectivity index (χ1v) is 11.7. The van der Waals surface area contributed by atoms with Crippen molar-refractivity contribution in [1.82, 2.24) is 15.5 Å². The Balaban J connectivity index is 1.57. The van der Waals surface area contributed by atoms with Crippen LogP contribution in [0.5, 0.6) is 0 Å². The molecular formula is C20H36N4O2S. The summed E-state index contributed by atoms with van der Waals surface area (Å²) in [5.41, 5.74) is 0.0501. The lowest BCUT2D eigenvalue weighted by Gasteiger charge is -2.38. The molecule has 2 N–H and O–H groups in total. The van der Waals surface area contributed by atoms with E-state index in [1.807, 2.05) is 11.8 Å². The van der Waals surface area contributed by atoms with Crippen molar-refractivity contribution in [3.8, 4) is 0 Å². The van der Waals surface area contributed by atoms with Gasteiger partial charge >= 0.3 is 0 Å². The molecule has 0 radical (unpaired) electrons. The average Bonchev–Trinajstić information content (AvgIpc) is 3.11. The predicted octanol–water partition coefficient (Wildman–Crippen LogP) is 2.24. The summed E-state index contributed by atoms with van der Waals surface area (Å²) in [6, 6.07) is 0.365. The topological polar surface area (TPSA) is 66.0 Å². The number of hydrogen-bond donors (Lipinski definition) is 2. The quantitative estimate of drug-likeness (QED) is 0.551. The molecule has 2 aliphatic heterocycles. The fraction of sp³-hybridized carbons (Fsp3) is 0.900. The zero-order valence-electron chi connectivity index (χ0n) is 17.0. The molecule has 3 rings (SSSR count). The van der Waals surface area contributed by atoms with E-state index in [9.17, 15) is 4.79 Å². The van der Waals surface area contributed by atoms with Crippen molar-refractivity contribution >= 4 is 23.6 Å². The molecule has 0 aromatic rings. The SMILES string of the molecule is CN(C)C(=O)CN=C(NCC1CCCCC1)NC1CCOC2(CCSC2)C1. The molecule has 3 fully saturated rings. The van der Waals surface area contributed by atoms with Crippen LogP contribution in [0.1, 0.15) is 51.4 Å². The predicted molar refractivity (Wildman–Crippen MR) is 112 cm³/mol. The van der Waals surface area contributed by atoms with Gasteiger partial charge in [-0.25, -0.2) is 4.99 Å². The molecule has 27 heavy (non-hydrogen) atoms. The summed E-state index contributed by atoms with van der Waals surface area (Å²) in [5.74, 6) is 3.85. The summed E-state index contributed by atoms with van der Waals surface area (Å²) < 4.78 is 6.14. The number of nitrogens with zero attached hydrogens (tertiary/aromatic N) is 2. The van der Waals surface area contributed by atoms with Gasteiger partial charge in [-0.05, 0) is 43.8 Å². The van der Waals surface area contributed by atoms with E-state index in [1.165, 1.54) is 37.9 Å². The molecule has 0 aromatic carbocycles. The van der Waals surface area contributed by atoms with E-state index in [2.05, 4.69) is 15.6 Å². The smallest absolute Gasteiger partial charge is 0.243 e. The highest BCUT2D eigenvalue weighted by atomic mass is 32.2. The van der Waals surface area contributed by atoms with Crippen molar-refractivity contribution in [2.45, 2.75) is 63.0 Å². The van der Waals surface area contributed by atoms with Crippen LogP contribution in [0.25, 0.3) is 0 Å². The van der Waals surface area contributed by atoms with Crippen LogP contribution in [0.15, 0.2) is 4.99 Å². The number of aliphatic imine (C=N–C) groups is 1. The largest absolute Gasteiger partial charge is 0.374 e. The summed E-state index contributed by atoms with van der Waals surface area (Å²) in [4.78, 5) is 18.2. The number of hydrogen-bond acceptors (Lipinski definition) is 4. The van der Waals surface area contributed by atoms with Crippen LogP contribution in [0.4, 0.5) is 0 Å². The maximum Gasteiger partial charge on any atom is 0.243 e. The van der Waals surface area contributed by atoms with E-state index in [-0.39, 0.29) is 18.1 Å². The van der Waals surface area contributed by atoms with Gasteiger partial charge in [0.2, 0.25) is 5.91 Å². The van der Waals surface area contributed by atoms with Gasteiger partial charge in [0, 0.05) is 39.0 Å². The maximum absolute atomic E-state index is 12.0. The molecule has 1 amide bonds. The number of guanidine groups is 1. The summed E-state index contributed by atoms with van der Waals surface area (Å²) in [7, 11) is 3.56. The molecule has 2 saturated heterocycles. The number of thioether (sulfide) groups is 1. The highest BCUT2D eigenvalue weighted by Crippen LogP contribution is 2.38. The minimum atomic E-state index is 0.0319. The third-order valence-corrected chi connectivity index (χ3v) is 7.28. The number of likely N-dealkylation sites (N-methyl/N-ethyl adjacent to an activating group) is 1. The Bertz CT molecular complexity index is 514. The lowest BCUT2D eigenvalue weighted by Crippen LogP contribution is -2.52. The molecule has 2 unspecified atom stereocenters. The molecule has 0 bridgehead atoms. The fourth-order valence-electron chi connectivity index (χ4n) is 4.28. The molecule has 1 saturated carbocycles. The standard InChI is InChI=1S/C20H36N4O2S/c1-24(2)18(25)14-22-19(21-13-16-6-4-3-5-7-16)23-17-8-10-26-20(12-17)9-11-27-15-20/h16-17H,3-15H2,1-2H3,(H2,21,22,23). The number of nitrogens with one attached hydrogen (secondary N) is 2. The van der Waals surface area contributed by atoms with Crippen LogP contribution in [-0.2, 0) is 9.53 Å². The molecule has 154 valence electrons. The first-order chi connectivity index (χ1) is 13.1. The van der Waals surface area contributed by atoms with Crippen molar-refractivity contribution in [3.05, 3.63) is 0 Å². The minimum absolute atomic E-state index is 0.0319. The highest BCUT2D eigenvalue weighted by Gasteiger charge is 2.40. The third-order valence-electron chi connectivity index (χ3n) is 6.06. The summed E-state index contributed by atoms with van der Waals surface area (Å²) in [6.45, 7) is 1.95. The number of amides is 1. The second kappa shape index (κ2) is 10.0. The van der Waals surface area contributed by atoms with Crippen molar-refractivity contribution in [1.29, 1.82) is 0 Å². The van der Waals surface area contributed by atoms with Crippen LogP contribution >= 0.6 is 11.8 Å².